The van der Waals surface area contributed by atoms with Crippen molar-refractivity contribution < 1.29 is 9.52 Å². The Hall–Kier alpha value is -0.800. The predicted octanol–water partition coefficient (Wildman–Crippen LogP) is 1.92. The Labute approximate surface area is 90.5 Å². The molecule has 1 aliphatic carbocycles. The maximum atomic E-state index is 9.52. The Kier molecular flexibility index (Phi) is 3.80. The second kappa shape index (κ2) is 5.33. The fourth-order valence-electron chi connectivity index (χ4n) is 2.26. The van der Waals surface area contributed by atoms with Crippen molar-refractivity contribution >= 4 is 0 Å². The van der Waals surface area contributed by atoms with Crippen LogP contribution in [0, 0.1) is 5.92 Å². The van der Waals surface area contributed by atoms with E-state index in [1.54, 1.807) is 12.5 Å². The van der Waals surface area contributed by atoms with Gasteiger partial charge in [0.15, 0.2) is 0 Å². The van der Waals surface area contributed by atoms with Gasteiger partial charge in [-0.25, -0.2) is 0 Å². The van der Waals surface area contributed by atoms with E-state index < -0.39 is 0 Å². The Morgan fingerprint density at radius 2 is 2.40 bits per heavy atom. The van der Waals surface area contributed by atoms with Gasteiger partial charge >= 0.3 is 0 Å². The van der Waals surface area contributed by atoms with Gasteiger partial charge in [0, 0.05) is 12.1 Å². The molecule has 1 aliphatic rings. The largest absolute Gasteiger partial charge is 0.472 e. The minimum absolute atomic E-state index is 0.0699. The van der Waals surface area contributed by atoms with Crippen molar-refractivity contribution in [3.05, 3.63) is 24.2 Å². The van der Waals surface area contributed by atoms with E-state index in [9.17, 15) is 5.11 Å². The van der Waals surface area contributed by atoms with Crippen LogP contribution in [-0.4, -0.2) is 17.8 Å². The Morgan fingerprint density at radius 1 is 1.47 bits per heavy atom. The minimum Gasteiger partial charge on any atom is -0.472 e. The molecular weight excluding hydrogens is 190 g/mol. The first-order valence-corrected chi connectivity index (χ1v) is 5.74. The molecule has 15 heavy (non-hydrogen) atoms. The van der Waals surface area contributed by atoms with Gasteiger partial charge in [0.05, 0.1) is 18.6 Å². The summed E-state index contributed by atoms with van der Waals surface area (Å²) in [4.78, 5) is 0. The summed E-state index contributed by atoms with van der Waals surface area (Å²) < 4.78 is 4.99. The third-order valence-corrected chi connectivity index (χ3v) is 3.10. The van der Waals surface area contributed by atoms with Gasteiger partial charge in [0.2, 0.25) is 0 Å². The van der Waals surface area contributed by atoms with Crippen molar-refractivity contribution in [3.8, 4) is 0 Å². The summed E-state index contributed by atoms with van der Waals surface area (Å²) in [5.74, 6) is 0.639. The predicted molar refractivity (Wildman–Crippen MR) is 58.4 cm³/mol. The van der Waals surface area contributed by atoms with Gasteiger partial charge in [-0.15, -0.1) is 0 Å². The molecule has 3 heteroatoms. The summed E-state index contributed by atoms with van der Waals surface area (Å²) in [7, 11) is 0. The molecule has 0 aromatic carbocycles. The van der Waals surface area contributed by atoms with Crippen LogP contribution in [-0.2, 0) is 6.54 Å². The summed E-state index contributed by atoms with van der Waals surface area (Å²) in [5, 5.41) is 12.9. The molecule has 1 heterocycles. The summed E-state index contributed by atoms with van der Waals surface area (Å²) in [6.45, 7) is 1.87. The first kappa shape index (κ1) is 10.7. The van der Waals surface area contributed by atoms with E-state index in [4.69, 9.17) is 4.42 Å². The summed E-state index contributed by atoms with van der Waals surface area (Å²) >= 11 is 0. The highest BCUT2D eigenvalue weighted by Crippen LogP contribution is 2.23. The molecule has 1 saturated carbocycles. The average molecular weight is 209 g/mol. The van der Waals surface area contributed by atoms with E-state index in [1.807, 2.05) is 6.07 Å². The zero-order chi connectivity index (χ0) is 10.5. The van der Waals surface area contributed by atoms with Gasteiger partial charge in [0.1, 0.15) is 0 Å². The van der Waals surface area contributed by atoms with Gasteiger partial charge in [-0.3, -0.25) is 0 Å². The van der Waals surface area contributed by atoms with Crippen molar-refractivity contribution in [3.63, 3.8) is 0 Å². The molecule has 2 atom stereocenters. The lowest BCUT2D eigenvalue weighted by molar-refractivity contribution is 0.101. The molecule has 2 N–H and O–H groups in total. The van der Waals surface area contributed by atoms with Crippen LogP contribution in [0.1, 0.15) is 31.2 Å². The lowest BCUT2D eigenvalue weighted by atomic mass is 9.87. The van der Waals surface area contributed by atoms with E-state index in [-0.39, 0.29) is 6.10 Å². The van der Waals surface area contributed by atoms with Crippen LogP contribution >= 0.6 is 0 Å². The van der Waals surface area contributed by atoms with Gasteiger partial charge in [-0.2, -0.15) is 0 Å². The second-order valence-electron chi connectivity index (χ2n) is 4.45. The number of hydrogen-bond donors (Lipinski definition) is 2. The highest BCUT2D eigenvalue weighted by atomic mass is 16.3. The summed E-state index contributed by atoms with van der Waals surface area (Å²) in [6, 6.07) is 1.97. The molecule has 0 amide bonds. The normalized spacial score (nSPS) is 26.7. The van der Waals surface area contributed by atoms with E-state index >= 15 is 0 Å². The highest BCUT2D eigenvalue weighted by molar-refractivity contribution is 5.04. The van der Waals surface area contributed by atoms with Crippen LogP contribution in [0.4, 0.5) is 0 Å². The van der Waals surface area contributed by atoms with E-state index in [0.29, 0.717) is 5.92 Å². The average Bonchev–Trinajstić information content (AvgIpc) is 2.71. The SMILES string of the molecule is OC1CCCC(CNCc2ccoc2)C1. The maximum absolute atomic E-state index is 9.52. The summed E-state index contributed by atoms with van der Waals surface area (Å²) in [5.41, 5.74) is 1.19. The van der Waals surface area contributed by atoms with Crippen LogP contribution in [0.2, 0.25) is 0 Å². The highest BCUT2D eigenvalue weighted by Gasteiger charge is 2.19. The lowest BCUT2D eigenvalue weighted by Crippen LogP contribution is -2.28. The van der Waals surface area contributed by atoms with Crippen LogP contribution in [0.25, 0.3) is 0 Å². The van der Waals surface area contributed by atoms with Gasteiger partial charge in [-0.1, -0.05) is 6.42 Å². The van der Waals surface area contributed by atoms with Crippen molar-refractivity contribution in [2.45, 2.75) is 38.3 Å². The van der Waals surface area contributed by atoms with Gasteiger partial charge in [-0.05, 0) is 37.8 Å². The fourth-order valence-corrected chi connectivity index (χ4v) is 2.26. The van der Waals surface area contributed by atoms with E-state index in [0.717, 1.165) is 25.9 Å². The number of nitrogens with one attached hydrogen (secondary N) is 1. The monoisotopic (exact) mass is 209 g/mol. The smallest absolute Gasteiger partial charge is 0.0947 e. The molecule has 2 rings (SSSR count). The Bertz CT molecular complexity index is 271. The minimum atomic E-state index is -0.0699. The van der Waals surface area contributed by atoms with Crippen molar-refractivity contribution in [2.75, 3.05) is 6.54 Å². The molecule has 0 saturated heterocycles. The number of furan rings is 1. The van der Waals surface area contributed by atoms with Crippen molar-refractivity contribution in [2.24, 2.45) is 5.92 Å². The number of hydrogen-bond acceptors (Lipinski definition) is 3. The Morgan fingerprint density at radius 3 is 3.13 bits per heavy atom. The topological polar surface area (TPSA) is 45.4 Å². The first-order chi connectivity index (χ1) is 7.34. The molecule has 1 aromatic rings. The molecule has 3 nitrogen and oxygen atoms in total. The molecule has 1 fully saturated rings. The molecule has 0 radical (unpaired) electrons. The third kappa shape index (κ3) is 3.36. The number of rotatable bonds is 4. The van der Waals surface area contributed by atoms with Crippen molar-refractivity contribution in [1.29, 1.82) is 0 Å². The van der Waals surface area contributed by atoms with Crippen molar-refractivity contribution in [1.82, 2.24) is 5.32 Å². The molecule has 0 aliphatic heterocycles. The molecule has 84 valence electrons. The van der Waals surface area contributed by atoms with Crippen LogP contribution in [0.15, 0.2) is 23.0 Å². The van der Waals surface area contributed by atoms with Gasteiger partial charge in [0.25, 0.3) is 0 Å². The quantitative estimate of drug-likeness (QED) is 0.796. The first-order valence-electron chi connectivity index (χ1n) is 5.74. The second-order valence-corrected chi connectivity index (χ2v) is 4.45. The van der Waals surface area contributed by atoms with Crippen LogP contribution < -0.4 is 5.32 Å². The lowest BCUT2D eigenvalue weighted by Gasteiger charge is -2.25. The summed E-state index contributed by atoms with van der Waals surface area (Å²) in [6.07, 6.45) is 7.74. The van der Waals surface area contributed by atoms with E-state index in [1.165, 1.54) is 18.4 Å². The van der Waals surface area contributed by atoms with Crippen LogP contribution in [0.5, 0.6) is 0 Å². The molecular formula is C12H19NO2. The van der Waals surface area contributed by atoms with Gasteiger partial charge < -0.3 is 14.8 Å². The molecule has 1 aromatic heterocycles. The maximum Gasteiger partial charge on any atom is 0.0947 e. The molecule has 0 spiro atoms. The van der Waals surface area contributed by atoms with Crippen LogP contribution in [0.3, 0.4) is 0 Å². The fraction of sp³-hybridized carbons (Fsp3) is 0.667. The zero-order valence-corrected chi connectivity index (χ0v) is 8.98. The van der Waals surface area contributed by atoms with E-state index in [2.05, 4.69) is 5.32 Å². The molecule has 0 bridgehead atoms. The number of aliphatic hydroxyl groups is 1. The standard InChI is InChI=1S/C12H19NO2/c14-12-3-1-2-10(6-12)7-13-8-11-4-5-15-9-11/h4-5,9-10,12-14H,1-3,6-8H2. The molecule has 2 unspecified atom stereocenters. The Balaban J connectivity index is 1.65. The zero-order valence-electron chi connectivity index (χ0n) is 8.98. The third-order valence-electron chi connectivity index (χ3n) is 3.10. The number of aliphatic hydroxyl groups excluding tert-OH is 1.